The van der Waals surface area contributed by atoms with Gasteiger partial charge in [-0.05, 0) is 59.0 Å². The van der Waals surface area contributed by atoms with E-state index in [0.29, 0.717) is 10.2 Å². The van der Waals surface area contributed by atoms with Crippen LogP contribution in [0, 0.1) is 6.92 Å². The molecule has 0 heterocycles. The second-order valence-electron chi connectivity index (χ2n) is 8.26. The quantitative estimate of drug-likeness (QED) is 0.218. The van der Waals surface area contributed by atoms with Gasteiger partial charge in [-0.1, -0.05) is 43.7 Å². The number of unbranched alkanes of at least 4 members (excludes halogenated alkanes) is 1. The zero-order valence-corrected chi connectivity index (χ0v) is 21.0. The van der Waals surface area contributed by atoms with E-state index in [1.165, 1.54) is 6.07 Å². The first-order valence-electron chi connectivity index (χ1n) is 10.7. The third-order valence-electron chi connectivity index (χ3n) is 5.90. The number of fused-ring (bicyclic) bond motifs is 2. The summed E-state index contributed by atoms with van der Waals surface area (Å²) in [6.07, 6.45) is 3.01. The van der Waals surface area contributed by atoms with Crippen LogP contribution in [0.25, 0.3) is 0 Å². The molecule has 0 atom stereocenters. The second kappa shape index (κ2) is 8.98. The maximum atomic E-state index is 13.4. The van der Waals surface area contributed by atoms with Crippen molar-refractivity contribution in [1.82, 2.24) is 0 Å². The van der Waals surface area contributed by atoms with Crippen LogP contribution in [0.4, 0.5) is 17.1 Å². The lowest BCUT2D eigenvalue weighted by Gasteiger charge is -2.24. The van der Waals surface area contributed by atoms with Crippen LogP contribution in [0.15, 0.2) is 51.8 Å². The van der Waals surface area contributed by atoms with Crippen LogP contribution in [-0.4, -0.2) is 24.5 Å². The predicted octanol–water partition coefficient (Wildman–Crippen LogP) is 5.45. The van der Waals surface area contributed by atoms with Gasteiger partial charge in [-0.15, -0.1) is 0 Å². The summed E-state index contributed by atoms with van der Waals surface area (Å²) in [6, 6.07) is 11.4. The molecular formula is C25H23BrN2O5S. The molecule has 0 aromatic heterocycles. The zero-order valence-electron chi connectivity index (χ0n) is 18.6. The second-order valence-corrected chi connectivity index (χ2v) is 10.5. The number of nitrogens with one attached hydrogen (secondary N) is 1. The van der Waals surface area contributed by atoms with Crippen LogP contribution in [0.3, 0.4) is 0 Å². The van der Waals surface area contributed by atoms with Gasteiger partial charge in [0.2, 0.25) is 0 Å². The Hall–Kier alpha value is -3.01. The maximum Gasteiger partial charge on any atom is 0.296 e. The Morgan fingerprint density at radius 3 is 2.21 bits per heavy atom. The van der Waals surface area contributed by atoms with Gasteiger partial charge in [0.1, 0.15) is 4.90 Å². The van der Waals surface area contributed by atoms with Crippen molar-refractivity contribution in [2.45, 2.75) is 38.0 Å². The molecule has 3 aromatic carbocycles. The fourth-order valence-corrected chi connectivity index (χ4v) is 5.59. The van der Waals surface area contributed by atoms with E-state index in [1.54, 1.807) is 18.2 Å². The molecule has 7 nitrogen and oxygen atoms in total. The number of halogens is 1. The minimum absolute atomic E-state index is 0.0324. The first-order chi connectivity index (χ1) is 16.0. The molecule has 0 fully saturated rings. The average Bonchev–Trinajstić information content (AvgIpc) is 2.78. The Morgan fingerprint density at radius 2 is 1.65 bits per heavy atom. The van der Waals surface area contributed by atoms with E-state index in [0.717, 1.165) is 36.5 Å². The van der Waals surface area contributed by atoms with Gasteiger partial charge >= 0.3 is 0 Å². The number of anilines is 3. The van der Waals surface area contributed by atoms with Crippen molar-refractivity contribution < 1.29 is 22.6 Å². The molecule has 0 unspecified atom stereocenters. The van der Waals surface area contributed by atoms with Gasteiger partial charge in [0.05, 0.1) is 28.2 Å². The molecule has 0 aliphatic heterocycles. The van der Waals surface area contributed by atoms with Gasteiger partial charge in [0.15, 0.2) is 11.6 Å². The van der Waals surface area contributed by atoms with Crippen molar-refractivity contribution >= 4 is 54.7 Å². The van der Waals surface area contributed by atoms with Crippen molar-refractivity contribution in [2.24, 2.45) is 0 Å². The molecular weight excluding hydrogens is 520 g/mol. The molecule has 0 saturated heterocycles. The highest BCUT2D eigenvalue weighted by atomic mass is 79.9. The summed E-state index contributed by atoms with van der Waals surface area (Å²) >= 11 is 3.56. The number of carbonyl (C=O) groups excluding carboxylic acids is 2. The summed E-state index contributed by atoms with van der Waals surface area (Å²) in [5, 5.41) is 3.12. The molecule has 4 rings (SSSR count). The number of hydrogen-bond donors (Lipinski definition) is 3. The number of hydrogen-bond acceptors (Lipinski definition) is 6. The zero-order chi connectivity index (χ0) is 24.8. The molecule has 1 aliphatic rings. The van der Waals surface area contributed by atoms with Crippen LogP contribution in [0.1, 0.15) is 62.7 Å². The largest absolute Gasteiger partial charge is 0.397 e. The van der Waals surface area contributed by atoms with Gasteiger partial charge in [0.25, 0.3) is 10.1 Å². The molecule has 34 heavy (non-hydrogen) atoms. The third-order valence-corrected chi connectivity index (χ3v) is 7.42. The Kier molecular flexibility index (Phi) is 6.37. The Labute approximate surface area is 206 Å². The highest BCUT2D eigenvalue weighted by molar-refractivity contribution is 9.10. The standard InChI is InChI=1S/C25H23BrN2O5S/c1-3-4-7-14-10-13(2)23(17(26)11-14)28-18-12-19(34(31,32)33)22(27)21-20(18)24(29)15-8-5-6-9-16(15)25(21)30/h5-6,8-12,28H,3-4,7,27H2,1-2H3,(H,31,32,33). The lowest BCUT2D eigenvalue weighted by Crippen LogP contribution is -2.25. The molecule has 0 bridgehead atoms. The minimum atomic E-state index is -4.78. The number of carbonyl (C=O) groups is 2. The van der Waals surface area contributed by atoms with Crippen LogP contribution < -0.4 is 11.1 Å². The monoisotopic (exact) mass is 542 g/mol. The minimum Gasteiger partial charge on any atom is -0.397 e. The summed E-state index contributed by atoms with van der Waals surface area (Å²) in [6.45, 7) is 4.00. The fourth-order valence-electron chi connectivity index (χ4n) is 4.24. The summed E-state index contributed by atoms with van der Waals surface area (Å²) in [4.78, 5) is 26.1. The van der Waals surface area contributed by atoms with Gasteiger partial charge in [0, 0.05) is 15.6 Å². The first kappa shape index (κ1) is 24.1. The Balaban J connectivity index is 1.94. The maximum absolute atomic E-state index is 13.4. The predicted molar refractivity (Wildman–Crippen MR) is 135 cm³/mol. The highest BCUT2D eigenvalue weighted by Gasteiger charge is 2.36. The van der Waals surface area contributed by atoms with Gasteiger partial charge < -0.3 is 11.1 Å². The summed E-state index contributed by atoms with van der Waals surface area (Å²) in [5.74, 6) is -1.04. The van der Waals surface area contributed by atoms with E-state index in [9.17, 15) is 22.6 Å². The number of ketones is 2. The van der Waals surface area contributed by atoms with Gasteiger partial charge in [-0.25, -0.2) is 0 Å². The molecule has 1 aliphatic carbocycles. The van der Waals surface area contributed by atoms with Crippen molar-refractivity contribution in [1.29, 1.82) is 0 Å². The van der Waals surface area contributed by atoms with Crippen molar-refractivity contribution in [3.05, 3.63) is 80.3 Å². The molecule has 4 N–H and O–H groups in total. The number of nitrogens with two attached hydrogens (primary N) is 1. The molecule has 0 saturated carbocycles. The third kappa shape index (κ3) is 4.15. The summed E-state index contributed by atoms with van der Waals surface area (Å²) < 4.78 is 34.7. The number of nitrogen functional groups attached to an aromatic ring is 1. The van der Waals surface area contributed by atoms with Gasteiger partial charge in [-0.3, -0.25) is 14.1 Å². The van der Waals surface area contributed by atoms with E-state index in [1.807, 2.05) is 19.1 Å². The lowest BCUT2D eigenvalue weighted by molar-refractivity contribution is 0.0980. The van der Waals surface area contributed by atoms with E-state index in [-0.39, 0.29) is 27.9 Å². The molecule has 0 spiro atoms. The van der Waals surface area contributed by atoms with Crippen molar-refractivity contribution in [3.8, 4) is 0 Å². The van der Waals surface area contributed by atoms with Crippen LogP contribution >= 0.6 is 15.9 Å². The topological polar surface area (TPSA) is 127 Å². The lowest BCUT2D eigenvalue weighted by atomic mass is 9.82. The van der Waals surface area contributed by atoms with Gasteiger partial charge in [-0.2, -0.15) is 8.42 Å². The molecule has 176 valence electrons. The SMILES string of the molecule is CCCCc1cc(C)c(Nc2cc(S(=O)(=O)O)c(N)c3c2C(=O)c2ccccc2C3=O)c(Br)c1. The Bertz CT molecular complexity index is 1440. The van der Waals surface area contributed by atoms with Crippen LogP contribution in [0.5, 0.6) is 0 Å². The van der Waals surface area contributed by atoms with E-state index in [2.05, 4.69) is 28.2 Å². The molecule has 0 amide bonds. The van der Waals surface area contributed by atoms with Crippen molar-refractivity contribution in [3.63, 3.8) is 0 Å². The average molecular weight is 543 g/mol. The van der Waals surface area contributed by atoms with E-state index >= 15 is 0 Å². The molecule has 9 heteroatoms. The van der Waals surface area contributed by atoms with Crippen LogP contribution in [-0.2, 0) is 16.5 Å². The Morgan fingerprint density at radius 1 is 1.03 bits per heavy atom. The van der Waals surface area contributed by atoms with Crippen LogP contribution in [0.2, 0.25) is 0 Å². The fraction of sp³-hybridized carbons (Fsp3) is 0.200. The van der Waals surface area contributed by atoms with E-state index < -0.39 is 32.3 Å². The molecule has 0 radical (unpaired) electrons. The van der Waals surface area contributed by atoms with E-state index in [4.69, 9.17) is 5.73 Å². The first-order valence-corrected chi connectivity index (χ1v) is 13.0. The highest BCUT2D eigenvalue weighted by Crippen LogP contribution is 2.41. The number of benzene rings is 3. The summed E-state index contributed by atoms with van der Waals surface area (Å²) in [5.41, 5.74) is 8.30. The van der Waals surface area contributed by atoms with Crippen molar-refractivity contribution in [2.75, 3.05) is 11.1 Å². The molecule has 3 aromatic rings. The normalized spacial score (nSPS) is 12.9. The summed E-state index contributed by atoms with van der Waals surface area (Å²) in [7, 11) is -4.78. The smallest absolute Gasteiger partial charge is 0.296 e. The number of rotatable bonds is 6. The number of aryl methyl sites for hydroxylation is 2.